The lowest BCUT2D eigenvalue weighted by Gasteiger charge is -2.17. The highest BCUT2D eigenvalue weighted by atomic mass is 32.2. The Morgan fingerprint density at radius 1 is 1.03 bits per heavy atom. The van der Waals surface area contributed by atoms with Gasteiger partial charge in [0.05, 0.1) is 12.1 Å². The van der Waals surface area contributed by atoms with Crippen molar-refractivity contribution < 1.29 is 32.6 Å². The van der Waals surface area contributed by atoms with E-state index in [-0.39, 0.29) is 12.5 Å². The highest BCUT2D eigenvalue weighted by Gasteiger charge is 2.33. The highest BCUT2D eigenvalue weighted by molar-refractivity contribution is 7.99. The number of hydrogen-bond donors (Lipinski definition) is 1. The van der Waals surface area contributed by atoms with Crippen LogP contribution in [0, 0.1) is 0 Å². The minimum Gasteiger partial charge on any atom is -0.482 e. The normalized spacial score (nSPS) is 13.1. The van der Waals surface area contributed by atoms with Gasteiger partial charge in [-0.05, 0) is 78.3 Å². The maximum absolute atomic E-state index is 12.9. The van der Waals surface area contributed by atoms with Crippen molar-refractivity contribution in [3.05, 3.63) is 89.0 Å². The predicted octanol–water partition coefficient (Wildman–Crippen LogP) is 6.05. The van der Waals surface area contributed by atoms with Crippen LogP contribution in [0.5, 0.6) is 5.75 Å². The van der Waals surface area contributed by atoms with E-state index in [0.717, 1.165) is 46.7 Å². The van der Waals surface area contributed by atoms with Gasteiger partial charge in [0.1, 0.15) is 5.75 Å². The van der Waals surface area contributed by atoms with Gasteiger partial charge in [0.15, 0.2) is 6.61 Å². The lowest BCUT2D eigenvalue weighted by atomic mass is 10.1. The van der Waals surface area contributed by atoms with Gasteiger partial charge in [-0.1, -0.05) is 18.2 Å². The molecule has 0 fully saturated rings. The number of rotatable bonds is 9. The van der Waals surface area contributed by atoms with Crippen LogP contribution in [-0.2, 0) is 23.9 Å². The Bertz CT molecular complexity index is 1210. The number of amides is 1. The molecule has 3 aromatic rings. The molecule has 0 bridgehead atoms. The Balaban J connectivity index is 1.34. The van der Waals surface area contributed by atoms with Gasteiger partial charge in [0.25, 0.3) is 5.91 Å². The van der Waals surface area contributed by atoms with Gasteiger partial charge in [-0.2, -0.15) is 13.2 Å². The van der Waals surface area contributed by atoms with Crippen LogP contribution in [-0.4, -0.2) is 29.3 Å². The molecule has 1 amide bonds. The fraction of sp³-hybridized carbons (Fsp3) is 0.231. The maximum Gasteiger partial charge on any atom is 0.416 e. The summed E-state index contributed by atoms with van der Waals surface area (Å²) >= 11 is 1.65. The molecule has 35 heavy (non-hydrogen) atoms. The zero-order valence-corrected chi connectivity index (χ0v) is 19.4. The van der Waals surface area contributed by atoms with Crippen molar-refractivity contribution in [2.45, 2.75) is 30.5 Å². The van der Waals surface area contributed by atoms with E-state index in [4.69, 9.17) is 9.84 Å². The summed E-state index contributed by atoms with van der Waals surface area (Å²) in [7, 11) is 0. The molecule has 1 heterocycles. The molecule has 0 aliphatic carbocycles. The number of hydrogen-bond acceptors (Lipinski definition) is 4. The fourth-order valence-corrected chi connectivity index (χ4v) is 4.87. The second-order valence-electron chi connectivity index (χ2n) is 8.00. The van der Waals surface area contributed by atoms with Crippen molar-refractivity contribution in [2.24, 2.45) is 0 Å². The van der Waals surface area contributed by atoms with E-state index in [9.17, 15) is 22.8 Å². The average molecular weight is 502 g/mol. The standard InChI is InChI=1S/C26H22F3NO4S/c27-26(28,29)18-8-10-19(11-9-18)30-15-22-21(25(30)33)4-1-5-23(22)35-14-2-3-17-6-12-20(13-7-17)34-16-24(31)32/h1,4-13H,2-3,14-16H2,(H,31,32). The average Bonchev–Trinajstić information content (AvgIpc) is 3.18. The molecule has 5 nitrogen and oxygen atoms in total. The van der Waals surface area contributed by atoms with Gasteiger partial charge in [0, 0.05) is 16.1 Å². The van der Waals surface area contributed by atoms with Crippen molar-refractivity contribution in [3.8, 4) is 5.75 Å². The molecule has 1 aliphatic rings. The number of fused-ring (bicyclic) bond motifs is 1. The molecular weight excluding hydrogens is 479 g/mol. The van der Waals surface area contributed by atoms with Crippen molar-refractivity contribution in [2.75, 3.05) is 17.3 Å². The lowest BCUT2D eigenvalue weighted by molar-refractivity contribution is -0.139. The topological polar surface area (TPSA) is 66.8 Å². The smallest absolute Gasteiger partial charge is 0.416 e. The SMILES string of the molecule is O=C(O)COc1ccc(CCCSc2cccc3c2CN(c2ccc(C(F)(F)F)cc2)C3=O)cc1. The van der Waals surface area contributed by atoms with E-state index in [2.05, 4.69) is 0 Å². The largest absolute Gasteiger partial charge is 0.482 e. The molecule has 182 valence electrons. The van der Waals surface area contributed by atoms with Crippen LogP contribution in [0.4, 0.5) is 18.9 Å². The molecule has 3 aromatic carbocycles. The fourth-order valence-electron chi connectivity index (χ4n) is 3.83. The minimum atomic E-state index is -4.42. The molecule has 0 unspecified atom stereocenters. The van der Waals surface area contributed by atoms with Crippen LogP contribution in [0.2, 0.25) is 0 Å². The number of nitrogens with zero attached hydrogens (tertiary/aromatic N) is 1. The van der Waals surface area contributed by atoms with Gasteiger partial charge < -0.3 is 14.7 Å². The van der Waals surface area contributed by atoms with Gasteiger partial charge in [-0.3, -0.25) is 4.79 Å². The summed E-state index contributed by atoms with van der Waals surface area (Å²) in [6, 6.07) is 17.5. The molecule has 0 atom stereocenters. The molecule has 0 spiro atoms. The Labute approximate surface area is 204 Å². The van der Waals surface area contributed by atoms with Crippen LogP contribution in [0.3, 0.4) is 0 Å². The first-order valence-electron chi connectivity index (χ1n) is 10.9. The number of alkyl halides is 3. The van der Waals surface area contributed by atoms with Crippen LogP contribution in [0.25, 0.3) is 0 Å². The van der Waals surface area contributed by atoms with E-state index < -0.39 is 17.7 Å². The monoisotopic (exact) mass is 501 g/mol. The number of aryl methyl sites for hydroxylation is 1. The zero-order valence-electron chi connectivity index (χ0n) is 18.5. The summed E-state index contributed by atoms with van der Waals surface area (Å²) in [5, 5.41) is 8.66. The molecule has 0 saturated heterocycles. The van der Waals surface area contributed by atoms with Gasteiger partial charge in [0.2, 0.25) is 0 Å². The van der Waals surface area contributed by atoms with Crippen molar-refractivity contribution in [1.82, 2.24) is 0 Å². The van der Waals surface area contributed by atoms with Crippen LogP contribution < -0.4 is 9.64 Å². The third kappa shape index (κ3) is 5.97. The second kappa shape index (κ2) is 10.4. The van der Waals surface area contributed by atoms with Gasteiger partial charge in [-0.15, -0.1) is 11.8 Å². The number of anilines is 1. The van der Waals surface area contributed by atoms with E-state index >= 15 is 0 Å². The number of carbonyl (C=O) groups excluding carboxylic acids is 1. The second-order valence-corrected chi connectivity index (χ2v) is 9.13. The quantitative estimate of drug-likeness (QED) is 0.285. The zero-order chi connectivity index (χ0) is 25.0. The van der Waals surface area contributed by atoms with Crippen molar-refractivity contribution >= 4 is 29.3 Å². The highest BCUT2D eigenvalue weighted by Crippen LogP contribution is 2.36. The van der Waals surface area contributed by atoms with E-state index in [1.54, 1.807) is 30.0 Å². The Morgan fingerprint density at radius 3 is 2.40 bits per heavy atom. The third-order valence-electron chi connectivity index (χ3n) is 5.58. The maximum atomic E-state index is 12.9. The first-order valence-corrected chi connectivity index (χ1v) is 11.9. The molecule has 9 heteroatoms. The Kier molecular flexibility index (Phi) is 7.35. The number of carboxylic acids is 1. The summed E-state index contributed by atoms with van der Waals surface area (Å²) < 4.78 is 43.7. The molecular formula is C26H22F3NO4S. The number of ether oxygens (including phenoxy) is 1. The molecule has 1 N–H and O–H groups in total. The summed E-state index contributed by atoms with van der Waals surface area (Å²) in [4.78, 5) is 26.0. The molecule has 1 aliphatic heterocycles. The number of thioether (sulfide) groups is 1. The van der Waals surface area contributed by atoms with Gasteiger partial charge in [-0.25, -0.2) is 4.79 Å². The van der Waals surface area contributed by atoms with E-state index in [0.29, 0.717) is 23.5 Å². The number of halogens is 3. The minimum absolute atomic E-state index is 0.215. The third-order valence-corrected chi connectivity index (χ3v) is 6.77. The summed E-state index contributed by atoms with van der Waals surface area (Å²) in [5.74, 6) is 0.0880. The number of carboxylic acid groups (broad SMARTS) is 1. The number of carbonyl (C=O) groups is 2. The van der Waals surface area contributed by atoms with Gasteiger partial charge >= 0.3 is 12.1 Å². The number of benzene rings is 3. The molecule has 0 saturated carbocycles. The van der Waals surface area contributed by atoms with E-state index in [1.165, 1.54) is 17.0 Å². The Morgan fingerprint density at radius 2 is 1.74 bits per heavy atom. The van der Waals surface area contributed by atoms with E-state index in [1.807, 2.05) is 24.3 Å². The number of aliphatic carboxylic acids is 1. The summed E-state index contributed by atoms with van der Waals surface area (Å²) in [6.07, 6.45) is -2.70. The molecule has 0 radical (unpaired) electrons. The summed E-state index contributed by atoms with van der Waals surface area (Å²) in [5.41, 5.74) is 2.26. The Hall–Kier alpha value is -3.46. The van der Waals surface area contributed by atoms with Crippen molar-refractivity contribution in [1.29, 1.82) is 0 Å². The molecule has 0 aromatic heterocycles. The first kappa shape index (κ1) is 24.7. The summed E-state index contributed by atoms with van der Waals surface area (Å²) in [6.45, 7) is -0.0588. The first-order chi connectivity index (χ1) is 16.7. The van der Waals surface area contributed by atoms with Crippen LogP contribution in [0.1, 0.15) is 33.5 Å². The predicted molar refractivity (Wildman–Crippen MR) is 127 cm³/mol. The lowest BCUT2D eigenvalue weighted by Crippen LogP contribution is -2.23. The van der Waals surface area contributed by atoms with Crippen LogP contribution >= 0.6 is 11.8 Å². The van der Waals surface area contributed by atoms with Crippen LogP contribution in [0.15, 0.2) is 71.6 Å². The molecule has 4 rings (SSSR count). The van der Waals surface area contributed by atoms with Crippen molar-refractivity contribution in [3.63, 3.8) is 0 Å².